The number of nitrogens with zero attached hydrogens (tertiary/aromatic N) is 1. The summed E-state index contributed by atoms with van der Waals surface area (Å²) in [6, 6.07) is 10.2. The Hall–Kier alpha value is -4.96. The quantitative estimate of drug-likeness (QED) is 0.0915. The van der Waals surface area contributed by atoms with Crippen molar-refractivity contribution in [2.45, 2.75) is 88.6 Å². The fourth-order valence-corrected chi connectivity index (χ4v) is 6.03. The van der Waals surface area contributed by atoms with Gasteiger partial charge in [-0.2, -0.15) is 12.6 Å². The van der Waals surface area contributed by atoms with Gasteiger partial charge in [0.05, 0.1) is 12.5 Å². The third-order valence-corrected chi connectivity index (χ3v) is 8.91. The van der Waals surface area contributed by atoms with Crippen LogP contribution in [0, 0.1) is 5.92 Å². The molecule has 0 unspecified atom stereocenters. The third kappa shape index (κ3) is 12.7. The van der Waals surface area contributed by atoms with Crippen molar-refractivity contribution in [2.24, 2.45) is 11.7 Å². The molecule has 1 aliphatic heterocycles. The van der Waals surface area contributed by atoms with Crippen LogP contribution in [0.1, 0.15) is 50.7 Å². The van der Waals surface area contributed by atoms with Crippen LogP contribution in [0.2, 0.25) is 0 Å². The molecule has 1 aliphatic rings. The molecule has 5 amide bonds. The van der Waals surface area contributed by atoms with E-state index in [-0.39, 0.29) is 31.1 Å². The predicted octanol–water partition coefficient (Wildman–Crippen LogP) is 0.265. The van der Waals surface area contributed by atoms with E-state index in [9.17, 15) is 38.7 Å². The number of hydrogen-bond donors (Lipinski definition) is 8. The molecule has 2 aromatic rings. The van der Waals surface area contributed by atoms with Crippen molar-refractivity contribution >= 4 is 54.1 Å². The summed E-state index contributed by atoms with van der Waals surface area (Å²) in [7, 11) is 0. The van der Waals surface area contributed by atoms with Crippen LogP contribution in [0.5, 0.6) is 0 Å². The SMILES string of the molecule is CC(C)C[C@H](NC(=O)[C@@H](N)CS)C(=O)N1CCC[C@H]1C(=O)N[C@@H](Cc1ccccc1)C(=O)N[C@@H](Cc1ccccc1)C(=O)N[C@@H](CC(=O)O)C(=O)O. The molecule has 16 heteroatoms. The number of carboxylic acids is 2. The fourth-order valence-electron chi connectivity index (χ4n) is 5.86. The van der Waals surface area contributed by atoms with Gasteiger partial charge in [-0.15, -0.1) is 0 Å². The molecule has 52 heavy (non-hydrogen) atoms. The molecule has 8 N–H and O–H groups in total. The topological polar surface area (TPSA) is 237 Å². The Kier molecular flexibility index (Phi) is 16.1. The van der Waals surface area contributed by atoms with Crippen LogP contribution in [-0.2, 0) is 46.4 Å². The summed E-state index contributed by atoms with van der Waals surface area (Å²) >= 11 is 4.07. The third-order valence-electron chi connectivity index (χ3n) is 8.52. The highest BCUT2D eigenvalue weighted by Gasteiger charge is 2.40. The molecule has 15 nitrogen and oxygen atoms in total. The summed E-state index contributed by atoms with van der Waals surface area (Å²) in [4.78, 5) is 92.2. The molecule has 0 saturated carbocycles. The van der Waals surface area contributed by atoms with Gasteiger partial charge in [0.1, 0.15) is 30.2 Å². The fraction of sp³-hybridized carbons (Fsp3) is 0.472. The van der Waals surface area contributed by atoms with E-state index in [0.29, 0.717) is 30.4 Å². The first-order chi connectivity index (χ1) is 24.7. The van der Waals surface area contributed by atoms with Crippen molar-refractivity contribution in [2.75, 3.05) is 12.3 Å². The van der Waals surface area contributed by atoms with E-state index >= 15 is 0 Å². The second-order valence-corrected chi connectivity index (χ2v) is 13.5. The van der Waals surface area contributed by atoms with Crippen molar-refractivity contribution in [3.63, 3.8) is 0 Å². The van der Waals surface area contributed by atoms with Crippen molar-refractivity contribution in [1.29, 1.82) is 0 Å². The van der Waals surface area contributed by atoms with Crippen molar-refractivity contribution in [3.05, 3.63) is 71.8 Å². The molecule has 1 saturated heterocycles. The van der Waals surface area contributed by atoms with Crippen LogP contribution in [0.4, 0.5) is 0 Å². The number of hydrogen-bond acceptors (Lipinski definition) is 9. The standard InChI is InChI=1S/C36H48N6O9S/c1-21(2)16-27(40-31(45)24(37)20-52)35(49)42-15-9-14-29(42)34(48)39-26(18-23-12-7-4-8-13-23)32(46)38-25(17-22-10-5-3-6-11-22)33(47)41-28(36(50)51)19-30(43)44/h3-8,10-13,21,24-29,52H,9,14-20,37H2,1-2H3,(H,38,46)(H,39,48)(H,40,45)(H,41,47)(H,43,44)(H,50,51)/t24-,25-,26-,27-,28-,29-/m0/s1. The first kappa shape index (κ1) is 41.5. The number of likely N-dealkylation sites (tertiary alicyclic amines) is 1. The minimum atomic E-state index is -1.76. The number of carbonyl (C=O) groups excluding carboxylic acids is 5. The van der Waals surface area contributed by atoms with Gasteiger partial charge in [-0.05, 0) is 36.3 Å². The minimum absolute atomic E-state index is 0.00314. The molecule has 0 aliphatic carbocycles. The second-order valence-electron chi connectivity index (χ2n) is 13.2. The van der Waals surface area contributed by atoms with E-state index in [1.165, 1.54) is 4.90 Å². The Morgan fingerprint density at radius 1 is 0.769 bits per heavy atom. The number of nitrogens with one attached hydrogen (secondary N) is 4. The second kappa shape index (κ2) is 20.2. The molecular formula is C36H48N6O9S. The number of carboxylic acid groups (broad SMARTS) is 2. The lowest BCUT2D eigenvalue weighted by atomic mass is 10.0. The van der Waals surface area contributed by atoms with E-state index in [0.717, 1.165) is 0 Å². The minimum Gasteiger partial charge on any atom is -0.481 e. The Bertz CT molecular complexity index is 1560. The van der Waals surface area contributed by atoms with Crippen LogP contribution < -0.4 is 27.0 Å². The van der Waals surface area contributed by atoms with Crippen LogP contribution in [-0.4, -0.2) is 105 Å². The monoisotopic (exact) mass is 740 g/mol. The largest absolute Gasteiger partial charge is 0.481 e. The number of aliphatic carboxylic acids is 2. The lowest BCUT2D eigenvalue weighted by Crippen LogP contribution is -2.59. The van der Waals surface area contributed by atoms with Gasteiger partial charge in [-0.1, -0.05) is 74.5 Å². The molecule has 3 rings (SSSR count). The van der Waals surface area contributed by atoms with Crippen LogP contribution in [0.15, 0.2) is 60.7 Å². The number of thiol groups is 1. The van der Waals surface area contributed by atoms with Gasteiger partial charge in [0.15, 0.2) is 0 Å². The van der Waals surface area contributed by atoms with Crippen molar-refractivity contribution < 1.29 is 43.8 Å². The van der Waals surface area contributed by atoms with Gasteiger partial charge in [-0.3, -0.25) is 28.8 Å². The summed E-state index contributed by atoms with van der Waals surface area (Å²) in [5.74, 6) is -6.22. The van der Waals surface area contributed by atoms with Gasteiger partial charge < -0.3 is 42.1 Å². The van der Waals surface area contributed by atoms with Gasteiger partial charge in [-0.25, -0.2) is 4.79 Å². The van der Waals surface area contributed by atoms with E-state index in [1.807, 2.05) is 13.8 Å². The Labute approximate surface area is 307 Å². The summed E-state index contributed by atoms with van der Waals surface area (Å²) in [6.45, 7) is 4.03. The first-order valence-corrected chi connectivity index (χ1v) is 17.7. The number of benzene rings is 2. The van der Waals surface area contributed by atoms with E-state index in [2.05, 4.69) is 33.9 Å². The maximum Gasteiger partial charge on any atom is 0.326 e. The highest BCUT2D eigenvalue weighted by molar-refractivity contribution is 7.80. The van der Waals surface area contributed by atoms with Crippen LogP contribution >= 0.6 is 12.6 Å². The maximum absolute atomic E-state index is 14.0. The molecule has 0 aromatic heterocycles. The van der Waals surface area contributed by atoms with E-state index < -0.39 is 84.1 Å². The van der Waals surface area contributed by atoms with Gasteiger partial charge in [0.25, 0.3) is 0 Å². The lowest BCUT2D eigenvalue weighted by Gasteiger charge is -2.31. The molecule has 0 bridgehead atoms. The van der Waals surface area contributed by atoms with Crippen molar-refractivity contribution in [3.8, 4) is 0 Å². The summed E-state index contributed by atoms with van der Waals surface area (Å²) in [5.41, 5.74) is 7.13. The predicted molar refractivity (Wildman–Crippen MR) is 194 cm³/mol. The first-order valence-electron chi connectivity index (χ1n) is 17.1. The number of amides is 5. The zero-order valence-electron chi connectivity index (χ0n) is 29.2. The Morgan fingerprint density at radius 2 is 1.27 bits per heavy atom. The number of nitrogens with two attached hydrogens (primary N) is 1. The van der Waals surface area contributed by atoms with Crippen molar-refractivity contribution in [1.82, 2.24) is 26.2 Å². The van der Waals surface area contributed by atoms with E-state index in [4.69, 9.17) is 10.8 Å². The zero-order chi connectivity index (χ0) is 38.4. The molecule has 1 heterocycles. The highest BCUT2D eigenvalue weighted by Crippen LogP contribution is 2.21. The molecular weight excluding hydrogens is 692 g/mol. The Morgan fingerprint density at radius 3 is 1.75 bits per heavy atom. The molecule has 6 atom stereocenters. The van der Waals surface area contributed by atoms with Gasteiger partial charge >= 0.3 is 11.9 Å². The smallest absolute Gasteiger partial charge is 0.326 e. The molecule has 0 radical (unpaired) electrons. The maximum atomic E-state index is 14.0. The van der Waals surface area contributed by atoms with Crippen LogP contribution in [0.25, 0.3) is 0 Å². The Balaban J connectivity index is 1.88. The lowest BCUT2D eigenvalue weighted by molar-refractivity contribution is -0.147. The normalized spacial score (nSPS) is 16.9. The average molecular weight is 741 g/mol. The summed E-state index contributed by atoms with van der Waals surface area (Å²) in [5, 5.41) is 29.0. The molecule has 1 fully saturated rings. The molecule has 2 aromatic carbocycles. The molecule has 0 spiro atoms. The highest BCUT2D eigenvalue weighted by atomic mass is 32.1. The van der Waals surface area contributed by atoms with Gasteiger partial charge in [0, 0.05) is 25.1 Å². The van der Waals surface area contributed by atoms with E-state index in [1.54, 1.807) is 60.7 Å². The molecule has 282 valence electrons. The average Bonchev–Trinajstić information content (AvgIpc) is 3.60. The summed E-state index contributed by atoms with van der Waals surface area (Å²) < 4.78 is 0. The number of carbonyl (C=O) groups is 7. The van der Waals surface area contributed by atoms with Gasteiger partial charge in [0.2, 0.25) is 29.5 Å². The summed E-state index contributed by atoms with van der Waals surface area (Å²) in [6.07, 6.45) is 0.138. The van der Waals surface area contributed by atoms with Crippen LogP contribution in [0.3, 0.4) is 0 Å². The zero-order valence-corrected chi connectivity index (χ0v) is 30.1. The number of rotatable bonds is 19.